The van der Waals surface area contributed by atoms with E-state index in [2.05, 4.69) is 6.07 Å². The zero-order valence-corrected chi connectivity index (χ0v) is 17.6. The van der Waals surface area contributed by atoms with Gasteiger partial charge in [-0.15, -0.1) is 0 Å². The zero-order valence-electron chi connectivity index (χ0n) is 17.6. The molecule has 158 valence electrons. The Balaban J connectivity index is 1.77. The summed E-state index contributed by atoms with van der Waals surface area (Å²) in [5.74, 6) is 0.794. The zero-order chi connectivity index (χ0) is 22.2. The van der Waals surface area contributed by atoms with Crippen LogP contribution in [-0.4, -0.2) is 10.8 Å². The lowest BCUT2D eigenvalue weighted by Crippen LogP contribution is -2.27. The molecule has 32 heavy (non-hydrogen) atoms. The number of ketones is 1. The van der Waals surface area contributed by atoms with Gasteiger partial charge in [0.15, 0.2) is 5.78 Å². The first kappa shape index (κ1) is 19.8. The molecule has 5 rings (SSSR count). The predicted octanol–water partition coefficient (Wildman–Crippen LogP) is 5.15. The summed E-state index contributed by atoms with van der Waals surface area (Å²) in [6, 6.07) is 19.4. The number of para-hydroxylation sites is 1. The summed E-state index contributed by atoms with van der Waals surface area (Å²) >= 11 is 0. The Bertz CT molecular complexity index is 1350. The molecular weight excluding hydrogens is 402 g/mol. The Morgan fingerprint density at radius 2 is 1.97 bits per heavy atom. The summed E-state index contributed by atoms with van der Waals surface area (Å²) in [5, 5.41) is 10.8. The molecule has 0 radical (unpaired) electrons. The van der Waals surface area contributed by atoms with Gasteiger partial charge in [0.1, 0.15) is 23.2 Å². The molecule has 2 N–H and O–H groups in total. The van der Waals surface area contributed by atoms with Crippen LogP contribution in [0, 0.1) is 18.3 Å². The highest BCUT2D eigenvalue weighted by atomic mass is 16.5. The van der Waals surface area contributed by atoms with Gasteiger partial charge in [0.2, 0.25) is 11.8 Å². The number of benzene rings is 2. The van der Waals surface area contributed by atoms with Gasteiger partial charge in [0.05, 0.1) is 11.4 Å². The molecule has 1 aliphatic carbocycles. The van der Waals surface area contributed by atoms with Crippen molar-refractivity contribution in [3.8, 4) is 17.7 Å². The molecule has 1 aromatic heterocycles. The van der Waals surface area contributed by atoms with Crippen molar-refractivity contribution >= 4 is 16.7 Å². The minimum absolute atomic E-state index is 0.0287. The van der Waals surface area contributed by atoms with Crippen LogP contribution in [0.2, 0.25) is 0 Å². The van der Waals surface area contributed by atoms with Crippen LogP contribution < -0.4 is 10.5 Å². The number of carbonyl (C=O) groups excluding carboxylic acids is 1. The maximum Gasteiger partial charge on any atom is 0.224 e. The fraction of sp³-hybridized carbons (Fsp3) is 0.192. The van der Waals surface area contributed by atoms with Gasteiger partial charge in [-0.25, -0.2) is 4.98 Å². The molecule has 2 heterocycles. The number of allylic oxidation sites excluding steroid dienone is 3. The molecule has 0 fully saturated rings. The van der Waals surface area contributed by atoms with Crippen LogP contribution >= 0.6 is 0 Å². The first-order valence-electron chi connectivity index (χ1n) is 10.5. The fourth-order valence-electron chi connectivity index (χ4n) is 4.35. The Hall–Kier alpha value is -4.11. The average molecular weight is 423 g/mol. The number of nitrogens with zero attached hydrogens (tertiary/aromatic N) is 2. The van der Waals surface area contributed by atoms with E-state index in [0.717, 1.165) is 16.5 Å². The van der Waals surface area contributed by atoms with Crippen molar-refractivity contribution in [3.63, 3.8) is 0 Å². The fourth-order valence-corrected chi connectivity index (χ4v) is 4.35. The molecule has 1 aliphatic heterocycles. The number of hydrogen-bond acceptors (Lipinski definition) is 6. The van der Waals surface area contributed by atoms with E-state index in [4.69, 9.17) is 20.2 Å². The van der Waals surface area contributed by atoms with Gasteiger partial charge in [-0.05, 0) is 43.7 Å². The van der Waals surface area contributed by atoms with Crippen LogP contribution in [0.1, 0.15) is 36.3 Å². The van der Waals surface area contributed by atoms with E-state index < -0.39 is 5.92 Å². The van der Waals surface area contributed by atoms with E-state index in [1.807, 2.05) is 61.5 Å². The van der Waals surface area contributed by atoms with E-state index in [-0.39, 0.29) is 17.2 Å². The minimum Gasteiger partial charge on any atom is -0.444 e. The lowest BCUT2D eigenvalue weighted by molar-refractivity contribution is -0.116. The van der Waals surface area contributed by atoms with Gasteiger partial charge in [0.25, 0.3) is 0 Å². The maximum absolute atomic E-state index is 13.0. The molecule has 0 amide bonds. The standard InChI is InChI=1S/C26H21N3O3/c1-15-10-11-20-16(12-15)13-18(26(29-20)31-17-6-3-2-4-7-17)23-19(14-27)25(28)32-22-9-5-8-21(30)24(22)23/h2-4,6-7,10-13,23H,5,8-9,28H2,1H3. The summed E-state index contributed by atoms with van der Waals surface area (Å²) in [7, 11) is 0. The molecule has 0 bridgehead atoms. The summed E-state index contributed by atoms with van der Waals surface area (Å²) < 4.78 is 11.9. The van der Waals surface area contributed by atoms with Crippen LogP contribution in [0.25, 0.3) is 10.9 Å². The number of aryl methyl sites for hydroxylation is 1. The molecule has 0 saturated heterocycles. The first-order chi connectivity index (χ1) is 15.5. The highest BCUT2D eigenvalue weighted by Gasteiger charge is 2.40. The number of carbonyl (C=O) groups is 1. The number of aromatic nitrogens is 1. The summed E-state index contributed by atoms with van der Waals surface area (Å²) in [4.78, 5) is 17.8. The van der Waals surface area contributed by atoms with Gasteiger partial charge < -0.3 is 15.2 Å². The maximum atomic E-state index is 13.0. The van der Waals surface area contributed by atoms with Crippen LogP contribution in [0.15, 0.2) is 77.4 Å². The minimum atomic E-state index is -0.687. The van der Waals surface area contributed by atoms with Crippen molar-refractivity contribution in [1.29, 1.82) is 5.26 Å². The van der Waals surface area contributed by atoms with Gasteiger partial charge in [0, 0.05) is 29.4 Å². The van der Waals surface area contributed by atoms with Gasteiger partial charge in [-0.2, -0.15) is 5.26 Å². The number of hydrogen-bond donors (Lipinski definition) is 1. The smallest absolute Gasteiger partial charge is 0.224 e. The van der Waals surface area contributed by atoms with E-state index in [9.17, 15) is 10.1 Å². The quantitative estimate of drug-likeness (QED) is 0.625. The van der Waals surface area contributed by atoms with Crippen molar-refractivity contribution in [1.82, 2.24) is 4.98 Å². The molecule has 2 aromatic carbocycles. The van der Waals surface area contributed by atoms with Crippen molar-refractivity contribution in [2.75, 3.05) is 0 Å². The second-order valence-electron chi connectivity index (χ2n) is 8.03. The lowest BCUT2D eigenvalue weighted by Gasteiger charge is -2.31. The highest BCUT2D eigenvalue weighted by Crippen LogP contribution is 2.46. The highest BCUT2D eigenvalue weighted by molar-refractivity contribution is 6.00. The topological polar surface area (TPSA) is 98.2 Å². The average Bonchev–Trinajstić information content (AvgIpc) is 2.79. The molecule has 6 heteroatoms. The molecule has 0 saturated carbocycles. The van der Waals surface area contributed by atoms with Crippen LogP contribution in [0.4, 0.5) is 0 Å². The normalized spacial score (nSPS) is 18.2. The van der Waals surface area contributed by atoms with Crippen molar-refractivity contribution < 1.29 is 14.3 Å². The summed E-state index contributed by atoms with van der Waals surface area (Å²) in [5.41, 5.74) is 9.28. The molecule has 3 aromatic rings. The Labute approximate surface area is 185 Å². The number of rotatable bonds is 3. The van der Waals surface area contributed by atoms with Crippen LogP contribution in [-0.2, 0) is 9.53 Å². The van der Waals surface area contributed by atoms with Crippen molar-refractivity contribution in [3.05, 3.63) is 88.5 Å². The van der Waals surface area contributed by atoms with E-state index in [1.165, 1.54) is 0 Å². The molecule has 0 spiro atoms. The number of Topliss-reactive ketones (excluding diaryl/α,β-unsaturated/α-hetero) is 1. The molecular formula is C26H21N3O3. The van der Waals surface area contributed by atoms with Gasteiger partial charge in [-0.1, -0.05) is 29.8 Å². The van der Waals surface area contributed by atoms with E-state index >= 15 is 0 Å². The Morgan fingerprint density at radius 1 is 1.16 bits per heavy atom. The molecule has 2 aliphatic rings. The number of nitrogens with two attached hydrogens (primary N) is 1. The molecule has 1 atom stereocenters. The number of nitriles is 1. The Kier molecular flexibility index (Phi) is 4.87. The number of ether oxygens (including phenoxy) is 2. The van der Waals surface area contributed by atoms with Crippen molar-refractivity contribution in [2.24, 2.45) is 5.73 Å². The monoisotopic (exact) mass is 423 g/mol. The van der Waals surface area contributed by atoms with Gasteiger partial charge >= 0.3 is 0 Å². The number of fused-ring (bicyclic) bond motifs is 1. The van der Waals surface area contributed by atoms with Crippen LogP contribution in [0.5, 0.6) is 11.6 Å². The summed E-state index contributed by atoms with van der Waals surface area (Å²) in [6.45, 7) is 2.01. The van der Waals surface area contributed by atoms with Crippen molar-refractivity contribution in [2.45, 2.75) is 32.1 Å². The van der Waals surface area contributed by atoms with E-state index in [1.54, 1.807) is 0 Å². The predicted molar refractivity (Wildman–Crippen MR) is 120 cm³/mol. The summed E-state index contributed by atoms with van der Waals surface area (Å²) in [6.07, 6.45) is 1.71. The lowest BCUT2D eigenvalue weighted by atomic mass is 9.77. The second kappa shape index (κ2) is 7.86. The number of pyridine rings is 1. The SMILES string of the molecule is Cc1ccc2nc(Oc3ccccc3)c(C3C(C#N)=C(N)OC4=C3C(=O)CCC4)cc2c1. The first-order valence-corrected chi connectivity index (χ1v) is 10.5. The Morgan fingerprint density at radius 3 is 2.75 bits per heavy atom. The van der Waals surface area contributed by atoms with Crippen LogP contribution in [0.3, 0.4) is 0 Å². The third-order valence-electron chi connectivity index (χ3n) is 5.84. The molecule has 1 unspecified atom stereocenters. The van der Waals surface area contributed by atoms with E-state index in [0.29, 0.717) is 47.8 Å². The van der Waals surface area contributed by atoms with Gasteiger partial charge in [-0.3, -0.25) is 4.79 Å². The third-order valence-corrected chi connectivity index (χ3v) is 5.84. The third kappa shape index (κ3) is 3.38. The largest absolute Gasteiger partial charge is 0.444 e. The molecule has 6 nitrogen and oxygen atoms in total. The second-order valence-corrected chi connectivity index (χ2v) is 8.03.